The number of unbranched alkanes of at least 4 members (excludes halogenated alkanes) is 28. The Hall–Kier alpha value is -0.660. The van der Waals surface area contributed by atoms with Gasteiger partial charge in [-0.1, -0.05) is 201 Å². The molecule has 0 saturated heterocycles. The van der Waals surface area contributed by atoms with Crippen molar-refractivity contribution in [2.24, 2.45) is 0 Å². The lowest BCUT2D eigenvalue weighted by Gasteiger charge is -2.33. The molecular formula is C40H80N2. The predicted octanol–water partition coefficient (Wildman–Crippen LogP) is 13.9. The molecule has 0 radical (unpaired) electrons. The van der Waals surface area contributed by atoms with Crippen molar-refractivity contribution in [3.8, 4) is 0 Å². The van der Waals surface area contributed by atoms with Gasteiger partial charge < -0.3 is 9.80 Å². The van der Waals surface area contributed by atoms with E-state index in [2.05, 4.69) is 43.0 Å². The van der Waals surface area contributed by atoms with E-state index in [9.17, 15) is 0 Å². The highest BCUT2D eigenvalue weighted by atomic mass is 15.4. The van der Waals surface area contributed by atoms with E-state index in [1.54, 1.807) is 0 Å². The molecule has 0 aromatic heterocycles. The van der Waals surface area contributed by atoms with Crippen LogP contribution in [0.15, 0.2) is 12.4 Å². The second-order valence-electron chi connectivity index (χ2n) is 13.9. The fourth-order valence-electron chi connectivity index (χ4n) is 6.89. The SMILES string of the molecule is CCCCCCCCCCCCCN1C=CN(CCCCCCCCCCCCC)C1CCCCCCCCCCC. The van der Waals surface area contributed by atoms with Gasteiger partial charge in [-0.15, -0.1) is 0 Å². The van der Waals surface area contributed by atoms with Gasteiger partial charge in [0.15, 0.2) is 0 Å². The van der Waals surface area contributed by atoms with Crippen molar-refractivity contribution >= 4 is 0 Å². The number of hydrogen-bond acceptors (Lipinski definition) is 2. The molecule has 2 nitrogen and oxygen atoms in total. The van der Waals surface area contributed by atoms with Crippen molar-refractivity contribution in [3.63, 3.8) is 0 Å². The van der Waals surface area contributed by atoms with Crippen molar-refractivity contribution in [1.82, 2.24) is 9.80 Å². The standard InChI is InChI=1S/C40H80N2/c1-4-7-10-13-16-19-21-24-27-30-33-36-41-38-39-42(37-34-31-28-25-22-20-17-14-11-8-5-2)40(41)35-32-29-26-23-18-15-12-9-6-3/h38-40H,4-37H2,1-3H3. The Morgan fingerprint density at radius 1 is 0.310 bits per heavy atom. The topological polar surface area (TPSA) is 6.48 Å². The monoisotopic (exact) mass is 589 g/mol. The van der Waals surface area contributed by atoms with Gasteiger partial charge in [0.05, 0.1) is 0 Å². The van der Waals surface area contributed by atoms with Crippen molar-refractivity contribution < 1.29 is 0 Å². The molecule has 1 aliphatic rings. The number of hydrogen-bond donors (Lipinski definition) is 0. The van der Waals surface area contributed by atoms with E-state index in [4.69, 9.17) is 0 Å². The highest BCUT2D eigenvalue weighted by Gasteiger charge is 2.24. The predicted molar refractivity (Wildman–Crippen MR) is 191 cm³/mol. The molecule has 0 aromatic rings. The van der Waals surface area contributed by atoms with Gasteiger partial charge in [-0.2, -0.15) is 0 Å². The molecule has 0 aliphatic carbocycles. The Labute approximate surface area is 267 Å². The van der Waals surface area contributed by atoms with Crippen LogP contribution in [-0.2, 0) is 0 Å². The van der Waals surface area contributed by atoms with Gasteiger partial charge in [0.1, 0.15) is 6.17 Å². The molecule has 0 spiro atoms. The molecule has 0 N–H and O–H groups in total. The summed E-state index contributed by atoms with van der Waals surface area (Å²) in [5.41, 5.74) is 0. The smallest absolute Gasteiger partial charge is 0.101 e. The summed E-state index contributed by atoms with van der Waals surface area (Å²) >= 11 is 0. The second-order valence-corrected chi connectivity index (χ2v) is 13.9. The normalized spacial score (nSPS) is 13.7. The van der Waals surface area contributed by atoms with Crippen molar-refractivity contribution in [2.75, 3.05) is 13.1 Å². The van der Waals surface area contributed by atoms with Gasteiger partial charge in [0, 0.05) is 25.5 Å². The van der Waals surface area contributed by atoms with Crippen LogP contribution in [0.2, 0.25) is 0 Å². The lowest BCUT2D eigenvalue weighted by molar-refractivity contribution is 0.135. The van der Waals surface area contributed by atoms with Crippen LogP contribution in [0.1, 0.15) is 226 Å². The molecule has 0 amide bonds. The molecule has 0 saturated carbocycles. The van der Waals surface area contributed by atoms with E-state index in [0.29, 0.717) is 6.17 Å². The summed E-state index contributed by atoms with van der Waals surface area (Å²) in [7, 11) is 0. The molecule has 2 heteroatoms. The molecule has 1 heterocycles. The summed E-state index contributed by atoms with van der Waals surface area (Å²) in [5.74, 6) is 0. The van der Waals surface area contributed by atoms with Crippen LogP contribution in [0, 0.1) is 0 Å². The zero-order valence-electron chi connectivity index (χ0n) is 29.7. The lowest BCUT2D eigenvalue weighted by atomic mass is 10.0. The molecule has 42 heavy (non-hydrogen) atoms. The fraction of sp³-hybridized carbons (Fsp3) is 0.950. The van der Waals surface area contributed by atoms with Crippen LogP contribution < -0.4 is 0 Å². The summed E-state index contributed by atoms with van der Waals surface area (Å²) < 4.78 is 0. The molecule has 250 valence electrons. The Bertz CT molecular complexity index is 508. The maximum absolute atomic E-state index is 2.72. The van der Waals surface area contributed by atoms with Crippen LogP contribution in [0.5, 0.6) is 0 Å². The number of rotatable bonds is 34. The zero-order valence-corrected chi connectivity index (χ0v) is 29.7. The van der Waals surface area contributed by atoms with E-state index < -0.39 is 0 Å². The summed E-state index contributed by atoms with van der Waals surface area (Å²) in [5, 5.41) is 0. The third-order valence-corrected chi connectivity index (χ3v) is 9.82. The average Bonchev–Trinajstić information content (AvgIpc) is 3.38. The third-order valence-electron chi connectivity index (χ3n) is 9.82. The van der Waals surface area contributed by atoms with Crippen molar-refractivity contribution in [2.45, 2.75) is 232 Å². The highest BCUT2D eigenvalue weighted by molar-refractivity contribution is 4.97. The van der Waals surface area contributed by atoms with Gasteiger partial charge in [-0.3, -0.25) is 0 Å². The van der Waals surface area contributed by atoms with Crippen molar-refractivity contribution in [1.29, 1.82) is 0 Å². The second kappa shape index (κ2) is 31.8. The Balaban J connectivity index is 2.23. The van der Waals surface area contributed by atoms with Gasteiger partial charge in [-0.25, -0.2) is 0 Å². The average molecular weight is 589 g/mol. The first-order valence-electron chi connectivity index (χ1n) is 20.0. The number of nitrogens with zero attached hydrogens (tertiary/aromatic N) is 2. The minimum Gasteiger partial charge on any atom is -0.356 e. The lowest BCUT2D eigenvalue weighted by Crippen LogP contribution is -2.39. The molecular weight excluding hydrogens is 508 g/mol. The summed E-state index contributed by atoms with van der Waals surface area (Å²) in [6.07, 6.45) is 51.4. The summed E-state index contributed by atoms with van der Waals surface area (Å²) in [6.45, 7) is 9.48. The third kappa shape index (κ3) is 23.8. The fourth-order valence-corrected chi connectivity index (χ4v) is 6.89. The largest absolute Gasteiger partial charge is 0.356 e. The Kier molecular flexibility index (Phi) is 29.8. The van der Waals surface area contributed by atoms with E-state index in [1.807, 2.05) is 0 Å². The van der Waals surface area contributed by atoms with Gasteiger partial charge >= 0.3 is 0 Å². The van der Waals surface area contributed by atoms with Gasteiger partial charge in [0.25, 0.3) is 0 Å². The molecule has 0 fully saturated rings. The Morgan fingerprint density at radius 3 is 0.833 bits per heavy atom. The quantitative estimate of drug-likeness (QED) is 0.0690. The van der Waals surface area contributed by atoms with Crippen LogP contribution in [-0.4, -0.2) is 29.1 Å². The van der Waals surface area contributed by atoms with E-state index >= 15 is 0 Å². The highest BCUT2D eigenvalue weighted by Crippen LogP contribution is 2.24. The van der Waals surface area contributed by atoms with E-state index in [1.165, 1.54) is 219 Å². The minimum atomic E-state index is 0.640. The molecule has 1 aliphatic heterocycles. The van der Waals surface area contributed by atoms with Crippen LogP contribution >= 0.6 is 0 Å². The first-order valence-corrected chi connectivity index (χ1v) is 20.0. The summed E-state index contributed by atoms with van der Waals surface area (Å²) in [6, 6.07) is 0. The van der Waals surface area contributed by atoms with Crippen LogP contribution in [0.25, 0.3) is 0 Å². The minimum absolute atomic E-state index is 0.640. The maximum atomic E-state index is 2.72. The zero-order chi connectivity index (χ0) is 30.2. The summed E-state index contributed by atoms with van der Waals surface area (Å²) in [4.78, 5) is 5.44. The molecule has 0 unspecified atom stereocenters. The van der Waals surface area contributed by atoms with Crippen LogP contribution in [0.4, 0.5) is 0 Å². The van der Waals surface area contributed by atoms with Crippen LogP contribution in [0.3, 0.4) is 0 Å². The maximum Gasteiger partial charge on any atom is 0.101 e. The van der Waals surface area contributed by atoms with Gasteiger partial charge in [-0.05, 0) is 25.7 Å². The first-order chi connectivity index (χ1) is 20.8. The van der Waals surface area contributed by atoms with Crippen molar-refractivity contribution in [3.05, 3.63) is 12.4 Å². The molecule has 0 bridgehead atoms. The first kappa shape index (κ1) is 39.4. The van der Waals surface area contributed by atoms with E-state index in [-0.39, 0.29) is 0 Å². The molecule has 0 aromatic carbocycles. The molecule has 1 rings (SSSR count). The Morgan fingerprint density at radius 2 is 0.548 bits per heavy atom. The van der Waals surface area contributed by atoms with Gasteiger partial charge in [0.2, 0.25) is 0 Å². The molecule has 0 atom stereocenters. The van der Waals surface area contributed by atoms with E-state index in [0.717, 1.165) is 0 Å².